The van der Waals surface area contributed by atoms with Crippen molar-refractivity contribution in [1.82, 2.24) is 29.1 Å². The average Bonchev–Trinajstić information content (AvgIpc) is 3.70. The second-order valence-corrected chi connectivity index (χ2v) is 15.0. The summed E-state index contributed by atoms with van der Waals surface area (Å²) in [5, 5.41) is 0. The molecule has 10 atom stereocenters. The molecule has 0 saturated carbocycles. The Morgan fingerprint density at radius 3 is 2.44 bits per heavy atom. The second-order valence-electron chi connectivity index (χ2n) is 10.8. The van der Waals surface area contributed by atoms with E-state index < -0.39 is 88.2 Å². The summed E-state index contributed by atoms with van der Waals surface area (Å²) >= 11 is 5.14. The van der Waals surface area contributed by atoms with Crippen LogP contribution in [0.2, 0.25) is 0 Å². The van der Waals surface area contributed by atoms with Gasteiger partial charge in [0.25, 0.3) is 5.56 Å². The third-order valence-corrected chi connectivity index (χ3v) is 10.4. The van der Waals surface area contributed by atoms with E-state index in [1.54, 1.807) is 30.3 Å². The van der Waals surface area contributed by atoms with Gasteiger partial charge in [-0.25, -0.2) is 33.1 Å². The van der Waals surface area contributed by atoms with Crippen LogP contribution in [0.3, 0.4) is 0 Å². The number of anilines is 1. The lowest BCUT2D eigenvalue weighted by Gasteiger charge is -2.27. The molecule has 18 nitrogen and oxygen atoms in total. The number of aromatic nitrogens is 6. The number of hydrogen-bond donors (Lipinski definition) is 4. The number of benzene rings is 1. The van der Waals surface area contributed by atoms with Crippen molar-refractivity contribution in [3.8, 4) is 11.1 Å². The van der Waals surface area contributed by atoms with Crippen molar-refractivity contribution in [3.63, 3.8) is 0 Å². The van der Waals surface area contributed by atoms with Gasteiger partial charge in [-0.05, 0) is 17.4 Å². The van der Waals surface area contributed by atoms with Crippen LogP contribution in [0.4, 0.5) is 14.6 Å². The number of nitrogens with zero attached hydrogens (tertiary/aromatic N) is 5. The summed E-state index contributed by atoms with van der Waals surface area (Å²) in [6.45, 7) is -6.23. The number of nitrogens with one attached hydrogen (secondary N) is 1. The molecule has 0 amide bonds. The maximum atomic E-state index is 16.0. The molecule has 2 bridgehead atoms. The van der Waals surface area contributed by atoms with Crippen molar-refractivity contribution in [2.75, 3.05) is 18.9 Å². The topological polar surface area (TPSA) is 237 Å². The molecule has 256 valence electrons. The smallest absolute Gasteiger partial charge is 0.382 e. The normalized spacial score (nSPS) is 35.8. The van der Waals surface area contributed by atoms with Gasteiger partial charge in [-0.3, -0.25) is 32.5 Å². The van der Waals surface area contributed by atoms with Crippen LogP contribution in [-0.2, 0) is 43.9 Å². The van der Waals surface area contributed by atoms with Crippen molar-refractivity contribution >= 4 is 43.3 Å². The summed E-state index contributed by atoms with van der Waals surface area (Å²) in [7, 11) is -5.19. The standard InChI is InChI=1S/C25H25F2N7O11P2S/c26-15-13-7-40-46(37,38)44-18-14(43-23(16(18)27)34-10-31-17-20(28)29-9-30-21(17)34)8-41-47(39,48)45-19(15)24(42-13)33-6-12(22(35)32-25(33)36)11-4-2-1-3-5-11/h1-6,9-10,13-16,18-19,23-24H,7-8H2,(H,37,38)(H,39,48)(H2,28,29,30)(H,32,35,36)/t13-,14-,15-,16-,18-,19-,23-,24-,47?/m1/s1. The first kappa shape index (κ1) is 33.2. The zero-order valence-electron chi connectivity index (χ0n) is 24.1. The molecule has 23 heteroatoms. The fourth-order valence-corrected chi connectivity index (χ4v) is 7.96. The zero-order chi connectivity index (χ0) is 34.0. The van der Waals surface area contributed by atoms with Crippen LogP contribution in [-0.4, -0.2) is 88.8 Å². The van der Waals surface area contributed by atoms with Gasteiger partial charge in [0.15, 0.2) is 36.3 Å². The highest BCUT2D eigenvalue weighted by Crippen LogP contribution is 2.54. The predicted molar refractivity (Wildman–Crippen MR) is 162 cm³/mol. The maximum absolute atomic E-state index is 16.0. The Balaban J connectivity index is 1.21. The number of fused-ring (bicyclic) bond motifs is 4. The number of alkyl halides is 2. The molecular weight excluding hydrogens is 706 g/mol. The van der Waals surface area contributed by atoms with E-state index in [4.69, 9.17) is 45.1 Å². The zero-order valence-corrected chi connectivity index (χ0v) is 26.7. The molecular formula is C25H25F2N7O11P2S. The minimum absolute atomic E-state index is 0.00223. The van der Waals surface area contributed by atoms with Gasteiger partial charge in [-0.2, -0.15) is 0 Å². The first-order valence-electron chi connectivity index (χ1n) is 14.1. The number of rotatable bonds is 3. The van der Waals surface area contributed by atoms with Gasteiger partial charge in [0.05, 0.1) is 25.1 Å². The van der Waals surface area contributed by atoms with E-state index in [-0.39, 0.29) is 22.5 Å². The summed E-state index contributed by atoms with van der Waals surface area (Å²) in [5.41, 5.74) is 4.67. The number of hydrogen-bond acceptors (Lipinski definition) is 14. The van der Waals surface area contributed by atoms with Crippen molar-refractivity contribution in [2.45, 2.75) is 49.2 Å². The molecule has 3 aromatic heterocycles. The Labute approximate surface area is 272 Å². The van der Waals surface area contributed by atoms with Gasteiger partial charge < -0.3 is 29.5 Å². The van der Waals surface area contributed by atoms with Crippen LogP contribution in [0.5, 0.6) is 0 Å². The number of imidazole rings is 1. The number of H-pyrrole nitrogens is 1. The molecule has 3 aliphatic heterocycles. The molecule has 7 rings (SSSR count). The van der Waals surface area contributed by atoms with E-state index >= 15 is 8.78 Å². The van der Waals surface area contributed by atoms with E-state index in [0.717, 1.165) is 21.7 Å². The van der Waals surface area contributed by atoms with Crippen molar-refractivity contribution < 1.29 is 50.7 Å². The molecule has 5 N–H and O–H groups in total. The lowest BCUT2D eigenvalue weighted by atomic mass is 10.1. The Morgan fingerprint density at radius 2 is 1.67 bits per heavy atom. The van der Waals surface area contributed by atoms with Gasteiger partial charge in [0.2, 0.25) is 0 Å². The molecule has 0 radical (unpaired) electrons. The highest BCUT2D eigenvalue weighted by Gasteiger charge is 2.54. The van der Waals surface area contributed by atoms with Gasteiger partial charge in [0.1, 0.15) is 36.3 Å². The molecule has 3 aliphatic rings. The van der Waals surface area contributed by atoms with Gasteiger partial charge in [0, 0.05) is 6.20 Å². The third kappa shape index (κ3) is 6.16. The molecule has 3 saturated heterocycles. The van der Waals surface area contributed by atoms with Crippen LogP contribution < -0.4 is 17.0 Å². The third-order valence-electron chi connectivity index (χ3n) is 7.83. The largest absolute Gasteiger partial charge is 0.472 e. The fourth-order valence-electron chi connectivity index (χ4n) is 5.60. The Morgan fingerprint density at radius 1 is 0.938 bits per heavy atom. The molecule has 4 aromatic rings. The van der Waals surface area contributed by atoms with E-state index in [2.05, 4.69) is 19.9 Å². The van der Waals surface area contributed by atoms with Crippen molar-refractivity contribution in [3.05, 3.63) is 70.0 Å². The molecule has 3 fully saturated rings. The van der Waals surface area contributed by atoms with Crippen molar-refractivity contribution in [2.24, 2.45) is 0 Å². The number of aromatic amines is 1. The Bertz CT molecular complexity index is 2070. The van der Waals surface area contributed by atoms with Gasteiger partial charge >= 0.3 is 20.2 Å². The maximum Gasteiger partial charge on any atom is 0.472 e. The summed E-state index contributed by atoms with van der Waals surface area (Å²) in [6.07, 6.45) is -11.3. The van der Waals surface area contributed by atoms with Gasteiger partial charge in [-0.15, -0.1) is 0 Å². The SMILES string of the molecule is Nc1ncnc2c1ncn2[C@@H]1O[C@@H]2COP(O)(=S)O[C@@H]3[C@H](F)[C@@H](COP(=O)(O)O[C@H]2[C@H]1F)O[C@H]3n1cc(-c2ccccc2)c(=O)[nH]c1=O. The van der Waals surface area contributed by atoms with Crippen molar-refractivity contribution in [1.29, 1.82) is 0 Å². The number of ether oxygens (including phenoxy) is 2. The number of nitrogens with two attached hydrogens (primary N) is 1. The minimum Gasteiger partial charge on any atom is -0.382 e. The second kappa shape index (κ2) is 12.5. The lowest BCUT2D eigenvalue weighted by molar-refractivity contribution is -0.0653. The fraction of sp³-hybridized carbons (Fsp3) is 0.400. The van der Waals surface area contributed by atoms with E-state index in [0.29, 0.717) is 5.56 Å². The molecule has 48 heavy (non-hydrogen) atoms. The predicted octanol–water partition coefficient (Wildman–Crippen LogP) is 1.23. The quantitative estimate of drug-likeness (QED) is 0.217. The van der Waals surface area contributed by atoms with E-state index in [1.165, 1.54) is 6.33 Å². The van der Waals surface area contributed by atoms with E-state index in [1.807, 2.05) is 0 Å². The van der Waals surface area contributed by atoms with Crippen LogP contribution in [0.1, 0.15) is 12.5 Å². The number of halogens is 2. The molecule has 2 unspecified atom stereocenters. The molecule has 0 aliphatic carbocycles. The van der Waals surface area contributed by atoms with Gasteiger partial charge in [-0.1, -0.05) is 30.3 Å². The van der Waals surface area contributed by atoms with Crippen LogP contribution in [0, 0.1) is 0 Å². The monoisotopic (exact) mass is 731 g/mol. The number of phosphoric ester groups is 1. The first-order valence-corrected chi connectivity index (χ1v) is 18.1. The summed E-state index contributed by atoms with van der Waals surface area (Å²) in [6, 6.07) is 8.21. The van der Waals surface area contributed by atoms with Crippen LogP contribution in [0.25, 0.3) is 22.3 Å². The number of nitrogen functional groups attached to an aromatic ring is 1. The Kier molecular flexibility index (Phi) is 8.66. The highest BCUT2D eigenvalue weighted by atomic mass is 32.5. The molecule has 0 spiro atoms. The summed E-state index contributed by atoms with van der Waals surface area (Å²) < 4.78 is 79.5. The first-order chi connectivity index (χ1) is 22.8. The summed E-state index contributed by atoms with van der Waals surface area (Å²) in [4.78, 5) is 61.3. The molecule has 6 heterocycles. The highest BCUT2D eigenvalue weighted by molar-refractivity contribution is 8.07. The minimum atomic E-state index is -5.19. The lowest BCUT2D eigenvalue weighted by Crippen LogP contribution is -2.38. The Hall–Kier alpha value is -3.33. The number of phosphoric acid groups is 1. The average molecular weight is 732 g/mol. The summed E-state index contributed by atoms with van der Waals surface area (Å²) in [5.74, 6) is 0.00223. The molecule has 1 aromatic carbocycles. The van der Waals surface area contributed by atoms with E-state index in [9.17, 15) is 23.9 Å². The van der Waals surface area contributed by atoms with Crippen LogP contribution in [0.15, 0.2) is 58.8 Å². The van der Waals surface area contributed by atoms with Crippen LogP contribution >= 0.6 is 14.5 Å².